The van der Waals surface area contributed by atoms with Gasteiger partial charge in [-0.25, -0.2) is 0 Å². The van der Waals surface area contributed by atoms with Crippen LogP contribution in [-0.4, -0.2) is 19.6 Å². The van der Waals surface area contributed by atoms with E-state index in [1.807, 2.05) is 18.2 Å². The molecule has 4 nitrogen and oxygen atoms in total. The molecule has 0 saturated heterocycles. The molecule has 1 fully saturated rings. The van der Waals surface area contributed by atoms with Gasteiger partial charge in [-0.3, -0.25) is 4.79 Å². The van der Waals surface area contributed by atoms with E-state index in [2.05, 4.69) is 6.07 Å². The monoisotopic (exact) mass is 228 g/mol. The SMILES string of the molecule is CN1C(=O)COc2ccc(C3CC3C#N)cc21. The first-order chi connectivity index (χ1) is 8.20. The smallest absolute Gasteiger partial charge is 0.264 e. The van der Waals surface area contributed by atoms with E-state index in [1.165, 1.54) is 0 Å². The number of carbonyl (C=O) groups excluding carboxylic acids is 1. The number of carbonyl (C=O) groups is 1. The predicted molar refractivity (Wildman–Crippen MR) is 61.8 cm³/mol. The maximum absolute atomic E-state index is 11.5. The summed E-state index contributed by atoms with van der Waals surface area (Å²) in [6, 6.07) is 8.12. The Morgan fingerprint density at radius 1 is 1.53 bits per heavy atom. The van der Waals surface area contributed by atoms with Gasteiger partial charge in [-0.05, 0) is 24.1 Å². The van der Waals surface area contributed by atoms with Gasteiger partial charge in [0.1, 0.15) is 5.75 Å². The molecular formula is C13H12N2O2. The number of hydrogen-bond donors (Lipinski definition) is 0. The second-order valence-electron chi connectivity index (χ2n) is 4.55. The highest BCUT2D eigenvalue weighted by Crippen LogP contribution is 2.48. The summed E-state index contributed by atoms with van der Waals surface area (Å²) in [5.74, 6) is 1.17. The zero-order chi connectivity index (χ0) is 12.0. The van der Waals surface area contributed by atoms with Crippen LogP contribution in [0.2, 0.25) is 0 Å². The van der Waals surface area contributed by atoms with Crippen molar-refractivity contribution < 1.29 is 9.53 Å². The third kappa shape index (κ3) is 1.55. The van der Waals surface area contributed by atoms with E-state index in [-0.39, 0.29) is 18.4 Å². The molecule has 1 aliphatic heterocycles. The fourth-order valence-electron chi connectivity index (χ4n) is 2.23. The van der Waals surface area contributed by atoms with Gasteiger partial charge >= 0.3 is 0 Å². The predicted octanol–water partition coefficient (Wildman–Crippen LogP) is 1.67. The van der Waals surface area contributed by atoms with Crippen LogP contribution >= 0.6 is 0 Å². The molecule has 1 saturated carbocycles. The van der Waals surface area contributed by atoms with Crippen LogP contribution in [0.25, 0.3) is 0 Å². The molecular weight excluding hydrogens is 216 g/mol. The van der Waals surface area contributed by atoms with Crippen LogP contribution in [0.4, 0.5) is 5.69 Å². The Kier molecular flexibility index (Phi) is 2.08. The third-order valence-corrected chi connectivity index (χ3v) is 3.45. The second kappa shape index (κ2) is 3.49. The summed E-state index contributed by atoms with van der Waals surface area (Å²) >= 11 is 0. The van der Waals surface area contributed by atoms with Crippen LogP contribution in [0.3, 0.4) is 0 Å². The summed E-state index contributed by atoms with van der Waals surface area (Å²) in [6.07, 6.45) is 0.924. The summed E-state index contributed by atoms with van der Waals surface area (Å²) in [5, 5.41) is 8.83. The Morgan fingerprint density at radius 3 is 3.06 bits per heavy atom. The maximum Gasteiger partial charge on any atom is 0.264 e. The molecule has 1 aromatic rings. The van der Waals surface area contributed by atoms with E-state index >= 15 is 0 Å². The lowest BCUT2D eigenvalue weighted by Crippen LogP contribution is -2.35. The molecule has 17 heavy (non-hydrogen) atoms. The number of rotatable bonds is 1. The van der Waals surface area contributed by atoms with Crippen molar-refractivity contribution in [1.82, 2.24) is 0 Å². The van der Waals surface area contributed by atoms with Crippen molar-refractivity contribution in [2.45, 2.75) is 12.3 Å². The molecule has 3 rings (SSSR count). The Morgan fingerprint density at radius 2 is 2.35 bits per heavy atom. The molecule has 0 spiro atoms. The Hall–Kier alpha value is -2.02. The second-order valence-corrected chi connectivity index (χ2v) is 4.55. The number of nitriles is 1. The number of likely N-dealkylation sites (N-methyl/N-ethyl adjacent to an activating group) is 1. The Labute approximate surface area is 99.4 Å². The first-order valence-electron chi connectivity index (χ1n) is 5.63. The molecule has 2 aliphatic rings. The minimum atomic E-state index is -0.0396. The molecule has 2 unspecified atom stereocenters. The summed E-state index contributed by atoms with van der Waals surface area (Å²) in [6.45, 7) is 0.104. The normalized spacial score (nSPS) is 25.9. The molecule has 86 valence electrons. The van der Waals surface area contributed by atoms with Gasteiger partial charge < -0.3 is 9.64 Å². The zero-order valence-corrected chi connectivity index (χ0v) is 9.51. The summed E-state index contributed by atoms with van der Waals surface area (Å²) in [5.41, 5.74) is 1.93. The average Bonchev–Trinajstić information content (AvgIpc) is 3.13. The van der Waals surface area contributed by atoms with Crippen LogP contribution in [0.5, 0.6) is 5.75 Å². The average molecular weight is 228 g/mol. The molecule has 1 aromatic carbocycles. The van der Waals surface area contributed by atoms with Gasteiger partial charge in [0.05, 0.1) is 17.7 Å². The molecule has 1 aliphatic carbocycles. The van der Waals surface area contributed by atoms with Crippen molar-refractivity contribution in [3.63, 3.8) is 0 Å². The molecule has 1 amide bonds. The van der Waals surface area contributed by atoms with Crippen molar-refractivity contribution in [2.75, 3.05) is 18.6 Å². The molecule has 0 aromatic heterocycles. The number of hydrogen-bond acceptors (Lipinski definition) is 3. The summed E-state index contributed by atoms with van der Waals surface area (Å²) in [7, 11) is 1.75. The van der Waals surface area contributed by atoms with Crippen molar-refractivity contribution in [3.8, 4) is 11.8 Å². The number of benzene rings is 1. The molecule has 0 radical (unpaired) electrons. The van der Waals surface area contributed by atoms with Crippen molar-refractivity contribution >= 4 is 11.6 Å². The standard InChI is InChI=1S/C13H12N2O2/c1-15-11-5-8(10-4-9(10)6-14)2-3-12(11)17-7-13(15)16/h2-3,5,9-10H,4,7H2,1H3. The van der Waals surface area contributed by atoms with Gasteiger partial charge in [0, 0.05) is 13.0 Å². The fraction of sp³-hybridized carbons (Fsp3) is 0.385. The van der Waals surface area contributed by atoms with Gasteiger partial charge in [-0.1, -0.05) is 6.07 Å². The summed E-state index contributed by atoms with van der Waals surface area (Å²) < 4.78 is 5.36. The molecule has 1 heterocycles. The maximum atomic E-state index is 11.5. The van der Waals surface area contributed by atoms with E-state index < -0.39 is 0 Å². The van der Waals surface area contributed by atoms with Gasteiger partial charge in [0.15, 0.2) is 6.61 Å². The molecule has 0 bridgehead atoms. The van der Waals surface area contributed by atoms with Crippen LogP contribution in [0.1, 0.15) is 17.9 Å². The van der Waals surface area contributed by atoms with Gasteiger partial charge in [-0.15, -0.1) is 0 Å². The number of nitrogens with zero attached hydrogens (tertiary/aromatic N) is 2. The van der Waals surface area contributed by atoms with E-state index in [0.717, 1.165) is 23.4 Å². The first-order valence-corrected chi connectivity index (χ1v) is 5.63. The minimum Gasteiger partial charge on any atom is -0.482 e. The largest absolute Gasteiger partial charge is 0.482 e. The van der Waals surface area contributed by atoms with E-state index in [4.69, 9.17) is 10.00 Å². The molecule has 0 N–H and O–H groups in total. The zero-order valence-electron chi connectivity index (χ0n) is 9.51. The first kappa shape index (κ1) is 10.2. The Bertz CT molecular complexity index is 533. The topological polar surface area (TPSA) is 53.3 Å². The van der Waals surface area contributed by atoms with Crippen molar-refractivity contribution in [2.24, 2.45) is 5.92 Å². The van der Waals surface area contributed by atoms with Crippen LogP contribution < -0.4 is 9.64 Å². The van der Waals surface area contributed by atoms with E-state index in [9.17, 15) is 4.79 Å². The van der Waals surface area contributed by atoms with Gasteiger partial charge in [-0.2, -0.15) is 5.26 Å². The number of anilines is 1. The highest BCUT2D eigenvalue weighted by Gasteiger charge is 2.39. The van der Waals surface area contributed by atoms with Crippen LogP contribution in [0.15, 0.2) is 18.2 Å². The number of amides is 1. The lowest BCUT2D eigenvalue weighted by molar-refractivity contribution is -0.120. The highest BCUT2D eigenvalue weighted by molar-refractivity contribution is 5.97. The lowest BCUT2D eigenvalue weighted by Gasteiger charge is -2.26. The van der Waals surface area contributed by atoms with Gasteiger partial charge in [0.2, 0.25) is 0 Å². The number of ether oxygens (including phenoxy) is 1. The summed E-state index contributed by atoms with van der Waals surface area (Å²) in [4.78, 5) is 13.1. The van der Waals surface area contributed by atoms with Crippen LogP contribution in [-0.2, 0) is 4.79 Å². The van der Waals surface area contributed by atoms with E-state index in [0.29, 0.717) is 5.92 Å². The fourth-order valence-corrected chi connectivity index (χ4v) is 2.23. The van der Waals surface area contributed by atoms with Crippen molar-refractivity contribution in [1.29, 1.82) is 5.26 Å². The van der Waals surface area contributed by atoms with E-state index in [1.54, 1.807) is 11.9 Å². The molecule has 4 heteroatoms. The molecule has 2 atom stereocenters. The quantitative estimate of drug-likeness (QED) is 0.734. The minimum absolute atomic E-state index is 0.0396. The van der Waals surface area contributed by atoms with Crippen molar-refractivity contribution in [3.05, 3.63) is 23.8 Å². The van der Waals surface area contributed by atoms with Gasteiger partial charge in [0.25, 0.3) is 5.91 Å². The lowest BCUT2D eigenvalue weighted by atomic mass is 10.1. The number of fused-ring (bicyclic) bond motifs is 1. The highest BCUT2D eigenvalue weighted by atomic mass is 16.5. The third-order valence-electron chi connectivity index (χ3n) is 3.45. The van der Waals surface area contributed by atoms with Crippen LogP contribution in [0, 0.1) is 17.2 Å². The Balaban J connectivity index is 1.96.